The SMILES string of the molecule is COc1cccc(Nc2nnc(SCC(=O)NCC(=O)NC(C)(C)C)s2)c1. The number of ether oxygens (including phenoxy) is 1. The van der Waals surface area contributed by atoms with Crippen LogP contribution in [0, 0.1) is 0 Å². The summed E-state index contributed by atoms with van der Waals surface area (Å²) in [5.41, 5.74) is 0.514. The van der Waals surface area contributed by atoms with Crippen molar-refractivity contribution in [2.45, 2.75) is 30.6 Å². The summed E-state index contributed by atoms with van der Waals surface area (Å²) >= 11 is 2.61. The van der Waals surface area contributed by atoms with Crippen LogP contribution in [0.1, 0.15) is 20.8 Å². The van der Waals surface area contributed by atoms with E-state index >= 15 is 0 Å². The second kappa shape index (κ2) is 9.56. The van der Waals surface area contributed by atoms with Crippen molar-refractivity contribution in [3.63, 3.8) is 0 Å². The Morgan fingerprint density at radius 3 is 2.70 bits per heavy atom. The molecular weight excluding hydrogens is 386 g/mol. The van der Waals surface area contributed by atoms with Crippen LogP contribution in [-0.2, 0) is 9.59 Å². The molecule has 146 valence electrons. The maximum Gasteiger partial charge on any atom is 0.239 e. The first-order valence-electron chi connectivity index (χ1n) is 8.20. The number of methoxy groups -OCH3 is 1. The highest BCUT2D eigenvalue weighted by Gasteiger charge is 2.14. The molecule has 1 aromatic carbocycles. The van der Waals surface area contributed by atoms with Gasteiger partial charge in [0.1, 0.15) is 5.75 Å². The zero-order chi connectivity index (χ0) is 19.9. The Hall–Kier alpha value is -2.33. The van der Waals surface area contributed by atoms with Crippen molar-refractivity contribution in [1.29, 1.82) is 0 Å². The Labute approximate surface area is 166 Å². The second-order valence-corrected chi connectivity index (χ2v) is 8.79. The minimum Gasteiger partial charge on any atom is -0.497 e. The molecule has 10 heteroatoms. The fourth-order valence-electron chi connectivity index (χ4n) is 1.96. The standard InChI is InChI=1S/C17H23N5O3S2/c1-17(2,3)20-13(23)9-18-14(24)10-26-16-22-21-15(27-16)19-11-6-5-7-12(8-11)25-4/h5-8H,9-10H2,1-4H3,(H,18,24)(H,19,21)(H,20,23). The number of carbonyl (C=O) groups excluding carboxylic acids is 2. The van der Waals surface area contributed by atoms with Gasteiger partial charge in [0.05, 0.1) is 19.4 Å². The van der Waals surface area contributed by atoms with Crippen molar-refractivity contribution in [1.82, 2.24) is 20.8 Å². The fourth-order valence-corrected chi connectivity index (χ4v) is 3.56. The lowest BCUT2D eigenvalue weighted by atomic mass is 10.1. The highest BCUT2D eigenvalue weighted by atomic mass is 32.2. The maximum absolute atomic E-state index is 11.9. The van der Waals surface area contributed by atoms with E-state index < -0.39 is 0 Å². The van der Waals surface area contributed by atoms with Gasteiger partial charge in [-0.15, -0.1) is 10.2 Å². The first-order chi connectivity index (χ1) is 12.7. The number of nitrogens with zero attached hydrogens (tertiary/aromatic N) is 2. The van der Waals surface area contributed by atoms with Gasteiger partial charge in [-0.2, -0.15) is 0 Å². The van der Waals surface area contributed by atoms with E-state index in [2.05, 4.69) is 26.1 Å². The Bertz CT molecular complexity index is 789. The lowest BCUT2D eigenvalue weighted by Crippen LogP contribution is -2.46. The van der Waals surface area contributed by atoms with Crippen molar-refractivity contribution < 1.29 is 14.3 Å². The monoisotopic (exact) mass is 409 g/mol. The van der Waals surface area contributed by atoms with Crippen LogP contribution in [-0.4, -0.2) is 47.0 Å². The molecular formula is C17H23N5O3S2. The second-order valence-electron chi connectivity index (χ2n) is 6.59. The van der Waals surface area contributed by atoms with E-state index in [0.29, 0.717) is 9.47 Å². The molecule has 0 aliphatic heterocycles. The van der Waals surface area contributed by atoms with Crippen LogP contribution < -0.4 is 20.7 Å². The molecule has 1 heterocycles. The molecule has 0 bridgehead atoms. The Morgan fingerprint density at radius 1 is 1.22 bits per heavy atom. The molecule has 0 radical (unpaired) electrons. The lowest BCUT2D eigenvalue weighted by molar-refractivity contribution is -0.125. The summed E-state index contributed by atoms with van der Waals surface area (Å²) < 4.78 is 5.84. The van der Waals surface area contributed by atoms with Crippen molar-refractivity contribution >= 4 is 45.7 Å². The van der Waals surface area contributed by atoms with Gasteiger partial charge < -0.3 is 20.7 Å². The molecule has 3 N–H and O–H groups in total. The van der Waals surface area contributed by atoms with Crippen LogP contribution in [0.25, 0.3) is 0 Å². The van der Waals surface area contributed by atoms with Gasteiger partial charge in [0, 0.05) is 17.3 Å². The third-order valence-corrected chi connectivity index (χ3v) is 4.99. The molecule has 0 spiro atoms. The van der Waals surface area contributed by atoms with Crippen LogP contribution >= 0.6 is 23.1 Å². The molecule has 0 aliphatic rings. The van der Waals surface area contributed by atoms with E-state index in [1.54, 1.807) is 7.11 Å². The average Bonchev–Trinajstić information content (AvgIpc) is 3.04. The summed E-state index contributed by atoms with van der Waals surface area (Å²) in [5, 5.41) is 17.3. The number of thioether (sulfide) groups is 1. The van der Waals surface area contributed by atoms with E-state index in [4.69, 9.17) is 4.74 Å². The largest absolute Gasteiger partial charge is 0.497 e. The predicted octanol–water partition coefficient (Wildman–Crippen LogP) is 2.41. The van der Waals surface area contributed by atoms with Gasteiger partial charge in [-0.1, -0.05) is 29.2 Å². The van der Waals surface area contributed by atoms with Crippen LogP contribution in [0.4, 0.5) is 10.8 Å². The molecule has 0 aliphatic carbocycles. The van der Waals surface area contributed by atoms with Crippen LogP contribution in [0.2, 0.25) is 0 Å². The molecule has 0 saturated carbocycles. The number of rotatable bonds is 8. The minimum atomic E-state index is -0.324. The van der Waals surface area contributed by atoms with Gasteiger partial charge >= 0.3 is 0 Å². The first-order valence-corrected chi connectivity index (χ1v) is 10.0. The molecule has 0 fully saturated rings. The summed E-state index contributed by atoms with van der Waals surface area (Å²) in [4.78, 5) is 23.6. The molecule has 2 amide bonds. The normalized spacial score (nSPS) is 11.0. The summed E-state index contributed by atoms with van der Waals surface area (Å²) in [7, 11) is 1.61. The van der Waals surface area contributed by atoms with Gasteiger partial charge in [0.15, 0.2) is 4.34 Å². The summed E-state index contributed by atoms with van der Waals surface area (Å²) in [6.07, 6.45) is 0. The van der Waals surface area contributed by atoms with Crippen LogP contribution in [0.3, 0.4) is 0 Å². The zero-order valence-corrected chi connectivity index (χ0v) is 17.3. The molecule has 27 heavy (non-hydrogen) atoms. The van der Waals surface area contributed by atoms with Gasteiger partial charge in [-0.25, -0.2) is 0 Å². The molecule has 8 nitrogen and oxygen atoms in total. The number of benzene rings is 1. The smallest absolute Gasteiger partial charge is 0.239 e. The summed E-state index contributed by atoms with van der Waals surface area (Å²) in [5.74, 6) is 0.450. The van der Waals surface area contributed by atoms with Crippen LogP contribution in [0.5, 0.6) is 5.75 Å². The van der Waals surface area contributed by atoms with Gasteiger partial charge in [0.25, 0.3) is 0 Å². The molecule has 2 rings (SSSR count). The van der Waals surface area contributed by atoms with Gasteiger partial charge in [-0.05, 0) is 32.9 Å². The number of hydrogen-bond acceptors (Lipinski definition) is 8. The first kappa shape index (κ1) is 21.0. The quantitative estimate of drug-likeness (QED) is 0.575. The third-order valence-electron chi connectivity index (χ3n) is 3.01. The van der Waals surface area contributed by atoms with E-state index in [9.17, 15) is 9.59 Å². The number of nitrogens with one attached hydrogen (secondary N) is 3. The highest BCUT2D eigenvalue weighted by Crippen LogP contribution is 2.28. The third kappa shape index (κ3) is 7.83. The van der Waals surface area contributed by atoms with E-state index in [0.717, 1.165) is 11.4 Å². The maximum atomic E-state index is 11.9. The number of anilines is 2. The molecule has 0 saturated heterocycles. The minimum absolute atomic E-state index is 0.0462. The Balaban J connectivity index is 1.77. The van der Waals surface area contributed by atoms with Crippen molar-refractivity contribution in [3.8, 4) is 5.75 Å². The van der Waals surface area contributed by atoms with E-state index in [1.165, 1.54) is 23.1 Å². The van der Waals surface area contributed by atoms with Gasteiger partial charge in [-0.3, -0.25) is 9.59 Å². The average molecular weight is 410 g/mol. The van der Waals surface area contributed by atoms with Crippen LogP contribution in [0.15, 0.2) is 28.6 Å². The van der Waals surface area contributed by atoms with Crippen molar-refractivity contribution in [3.05, 3.63) is 24.3 Å². The zero-order valence-electron chi connectivity index (χ0n) is 15.7. The number of hydrogen-bond donors (Lipinski definition) is 3. The van der Waals surface area contributed by atoms with Crippen molar-refractivity contribution in [2.75, 3.05) is 24.7 Å². The number of carbonyl (C=O) groups is 2. The Morgan fingerprint density at radius 2 is 2.00 bits per heavy atom. The highest BCUT2D eigenvalue weighted by molar-refractivity contribution is 8.01. The van der Waals surface area contributed by atoms with Gasteiger partial charge in [0.2, 0.25) is 16.9 Å². The predicted molar refractivity (Wildman–Crippen MR) is 108 cm³/mol. The Kier molecular flexibility index (Phi) is 7.43. The molecule has 0 unspecified atom stereocenters. The number of aromatic nitrogens is 2. The van der Waals surface area contributed by atoms with E-state index in [1.807, 2.05) is 45.0 Å². The summed E-state index contributed by atoms with van der Waals surface area (Å²) in [6, 6.07) is 7.47. The fraction of sp³-hybridized carbons (Fsp3) is 0.412. The summed E-state index contributed by atoms with van der Waals surface area (Å²) in [6.45, 7) is 5.61. The molecule has 1 aromatic heterocycles. The molecule has 0 atom stereocenters. The topological polar surface area (TPSA) is 105 Å². The number of amides is 2. The lowest BCUT2D eigenvalue weighted by Gasteiger charge is -2.20. The van der Waals surface area contributed by atoms with E-state index in [-0.39, 0.29) is 29.7 Å². The van der Waals surface area contributed by atoms with Crippen molar-refractivity contribution in [2.24, 2.45) is 0 Å². The molecule has 2 aromatic rings.